The molecule has 7 nitrogen and oxygen atoms in total. The van der Waals surface area contributed by atoms with E-state index in [2.05, 4.69) is 15.4 Å². The summed E-state index contributed by atoms with van der Waals surface area (Å²) in [7, 11) is 1.85. The van der Waals surface area contributed by atoms with Crippen LogP contribution in [0.25, 0.3) is 21.8 Å². The number of pyridine rings is 1. The van der Waals surface area contributed by atoms with Gasteiger partial charge in [0.15, 0.2) is 0 Å². The van der Waals surface area contributed by atoms with Gasteiger partial charge in [0.1, 0.15) is 12.1 Å². The van der Waals surface area contributed by atoms with E-state index in [1.807, 2.05) is 48.0 Å². The zero-order valence-corrected chi connectivity index (χ0v) is 14.2. The van der Waals surface area contributed by atoms with Crippen LogP contribution in [0, 0.1) is 0 Å². The Bertz CT molecular complexity index is 1160. The van der Waals surface area contributed by atoms with Gasteiger partial charge >= 0.3 is 0 Å². The van der Waals surface area contributed by atoms with Crippen LogP contribution in [0.5, 0.6) is 0 Å². The highest BCUT2D eigenvalue weighted by molar-refractivity contribution is 6.07. The lowest BCUT2D eigenvalue weighted by atomic mass is 10.2. The first-order valence-corrected chi connectivity index (χ1v) is 8.24. The van der Waals surface area contributed by atoms with Crippen molar-refractivity contribution >= 4 is 27.7 Å². The van der Waals surface area contributed by atoms with Crippen molar-refractivity contribution in [3.05, 3.63) is 70.9 Å². The predicted molar refractivity (Wildman–Crippen MR) is 98.6 cm³/mol. The number of hydrogen-bond acceptors (Lipinski definition) is 4. The fourth-order valence-electron chi connectivity index (χ4n) is 3.12. The van der Waals surface area contributed by atoms with Crippen LogP contribution in [0.3, 0.4) is 0 Å². The summed E-state index contributed by atoms with van der Waals surface area (Å²) in [6.45, 7) is 0.230. The Hall–Kier alpha value is -3.48. The number of benzene rings is 1. The number of nitrogens with one attached hydrogen (secondary N) is 1. The molecule has 3 heterocycles. The number of aryl methyl sites for hydroxylation is 1. The fraction of sp³-hybridized carbons (Fsp3) is 0.158. The van der Waals surface area contributed by atoms with Crippen molar-refractivity contribution < 1.29 is 4.79 Å². The van der Waals surface area contributed by atoms with E-state index in [1.54, 1.807) is 18.6 Å². The summed E-state index contributed by atoms with van der Waals surface area (Å²) < 4.78 is 3.04. The fourth-order valence-corrected chi connectivity index (χ4v) is 3.12. The van der Waals surface area contributed by atoms with Crippen LogP contribution in [0.2, 0.25) is 0 Å². The van der Waals surface area contributed by atoms with Crippen LogP contribution in [0.4, 0.5) is 0 Å². The molecule has 0 aliphatic rings. The lowest BCUT2D eigenvalue weighted by Gasteiger charge is -2.07. The van der Waals surface area contributed by atoms with Gasteiger partial charge in [0.05, 0.1) is 6.20 Å². The molecule has 0 saturated carbocycles. The quantitative estimate of drug-likeness (QED) is 0.608. The maximum atomic E-state index is 12.8. The molecule has 7 heteroatoms. The van der Waals surface area contributed by atoms with E-state index < -0.39 is 0 Å². The van der Waals surface area contributed by atoms with Crippen molar-refractivity contribution in [2.24, 2.45) is 7.05 Å². The second-order valence-electron chi connectivity index (χ2n) is 6.08. The van der Waals surface area contributed by atoms with Gasteiger partial charge in [-0.05, 0) is 17.7 Å². The van der Waals surface area contributed by atoms with Crippen LogP contribution in [-0.4, -0.2) is 25.2 Å². The molecule has 0 aliphatic heterocycles. The van der Waals surface area contributed by atoms with E-state index in [0.29, 0.717) is 12.1 Å². The van der Waals surface area contributed by atoms with Gasteiger partial charge in [-0.3, -0.25) is 14.6 Å². The zero-order chi connectivity index (χ0) is 18.1. The van der Waals surface area contributed by atoms with Gasteiger partial charge in [-0.15, -0.1) is 0 Å². The topological polar surface area (TPSA) is 81.8 Å². The van der Waals surface area contributed by atoms with Crippen molar-refractivity contribution in [3.63, 3.8) is 0 Å². The van der Waals surface area contributed by atoms with E-state index in [4.69, 9.17) is 0 Å². The van der Waals surface area contributed by atoms with E-state index in [9.17, 15) is 9.59 Å². The van der Waals surface area contributed by atoms with Crippen LogP contribution in [-0.2, 0) is 24.9 Å². The number of aromatic nitrogens is 4. The molecular formula is C19H17N5O2. The third kappa shape index (κ3) is 2.73. The van der Waals surface area contributed by atoms with E-state index >= 15 is 0 Å². The minimum Gasteiger partial charge on any atom is -0.350 e. The van der Waals surface area contributed by atoms with Gasteiger partial charge in [-0.1, -0.05) is 24.3 Å². The number of amides is 1. The molecule has 130 valence electrons. The number of carbonyl (C=O) groups excluding carboxylic acids is 1. The second kappa shape index (κ2) is 6.44. The van der Waals surface area contributed by atoms with Crippen molar-refractivity contribution in [1.82, 2.24) is 24.6 Å². The third-order valence-electron chi connectivity index (χ3n) is 4.42. The lowest BCUT2D eigenvalue weighted by molar-refractivity contribution is -0.122. The molecule has 0 unspecified atom stereocenters. The van der Waals surface area contributed by atoms with Gasteiger partial charge in [0.2, 0.25) is 5.91 Å². The minimum atomic E-state index is -0.280. The summed E-state index contributed by atoms with van der Waals surface area (Å²) in [5, 5.41) is 8.73. The first-order valence-electron chi connectivity index (χ1n) is 8.24. The summed E-state index contributed by atoms with van der Waals surface area (Å²) in [6.07, 6.45) is 5.01. The number of nitrogens with zero attached hydrogens (tertiary/aromatic N) is 4. The number of fused-ring (bicyclic) bond motifs is 3. The Balaban J connectivity index is 1.62. The largest absolute Gasteiger partial charge is 0.350 e. The maximum absolute atomic E-state index is 12.8. The van der Waals surface area contributed by atoms with Crippen molar-refractivity contribution in [2.45, 2.75) is 13.1 Å². The Morgan fingerprint density at radius 3 is 2.77 bits per heavy atom. The summed E-state index contributed by atoms with van der Waals surface area (Å²) in [5.74, 6) is -0.276. The highest BCUT2D eigenvalue weighted by Gasteiger charge is 2.14. The Morgan fingerprint density at radius 1 is 1.12 bits per heavy atom. The van der Waals surface area contributed by atoms with Gasteiger partial charge in [-0.2, -0.15) is 5.10 Å². The molecule has 1 aromatic carbocycles. The van der Waals surface area contributed by atoms with Crippen LogP contribution in [0.15, 0.2) is 59.8 Å². The summed E-state index contributed by atoms with van der Waals surface area (Å²) in [6, 6.07) is 11.5. The van der Waals surface area contributed by atoms with Crippen molar-refractivity contribution in [1.29, 1.82) is 0 Å². The molecule has 0 spiro atoms. The standard InChI is InChI=1S/C19H17N5O2/c1-23-16-7-3-2-6-14(16)15-11-22-24(19(26)18(15)23)12-17(25)21-10-13-5-4-8-20-9-13/h2-9,11H,10,12H2,1H3,(H,21,25). The first-order chi connectivity index (χ1) is 12.6. The lowest BCUT2D eigenvalue weighted by Crippen LogP contribution is -2.33. The van der Waals surface area contributed by atoms with Gasteiger partial charge in [-0.25, -0.2) is 4.68 Å². The van der Waals surface area contributed by atoms with E-state index in [0.717, 1.165) is 21.9 Å². The van der Waals surface area contributed by atoms with Gasteiger partial charge in [0, 0.05) is 42.3 Å². The zero-order valence-electron chi connectivity index (χ0n) is 14.2. The smallest absolute Gasteiger partial charge is 0.291 e. The SMILES string of the molecule is Cn1c2ccccc2c2cnn(CC(=O)NCc3cccnc3)c(=O)c21. The summed E-state index contributed by atoms with van der Waals surface area (Å²) >= 11 is 0. The molecule has 4 aromatic rings. The number of para-hydroxylation sites is 1. The third-order valence-corrected chi connectivity index (χ3v) is 4.42. The molecule has 3 aromatic heterocycles. The van der Waals surface area contributed by atoms with Gasteiger partial charge in [0.25, 0.3) is 5.56 Å². The highest BCUT2D eigenvalue weighted by atomic mass is 16.2. The van der Waals surface area contributed by atoms with Gasteiger partial charge < -0.3 is 9.88 Å². The van der Waals surface area contributed by atoms with Crippen molar-refractivity contribution in [2.75, 3.05) is 0 Å². The van der Waals surface area contributed by atoms with Crippen LogP contribution in [0.1, 0.15) is 5.56 Å². The van der Waals surface area contributed by atoms with Crippen LogP contribution >= 0.6 is 0 Å². The summed E-state index contributed by atoms with van der Waals surface area (Å²) in [4.78, 5) is 29.0. The van der Waals surface area contributed by atoms with E-state index in [-0.39, 0.29) is 18.0 Å². The molecule has 0 atom stereocenters. The molecule has 0 aliphatic carbocycles. The number of carbonyl (C=O) groups is 1. The number of hydrogen-bond donors (Lipinski definition) is 1. The average Bonchev–Trinajstić information content (AvgIpc) is 2.96. The van der Waals surface area contributed by atoms with Crippen LogP contribution < -0.4 is 10.9 Å². The molecule has 0 saturated heterocycles. The molecule has 0 radical (unpaired) electrons. The first kappa shape index (κ1) is 16.0. The monoisotopic (exact) mass is 347 g/mol. The Kier molecular flexibility index (Phi) is 3.96. The molecule has 1 N–H and O–H groups in total. The number of rotatable bonds is 4. The average molecular weight is 347 g/mol. The maximum Gasteiger partial charge on any atom is 0.291 e. The van der Waals surface area contributed by atoms with Crippen molar-refractivity contribution in [3.8, 4) is 0 Å². The second-order valence-corrected chi connectivity index (χ2v) is 6.08. The molecule has 1 amide bonds. The summed E-state index contributed by atoms with van der Waals surface area (Å²) in [5.41, 5.74) is 2.12. The Morgan fingerprint density at radius 2 is 1.96 bits per heavy atom. The normalized spacial score (nSPS) is 11.1. The molecular weight excluding hydrogens is 330 g/mol. The van der Waals surface area contributed by atoms with E-state index in [1.165, 1.54) is 4.68 Å². The Labute approximate surface area is 148 Å². The minimum absolute atomic E-state index is 0.128. The highest BCUT2D eigenvalue weighted by Crippen LogP contribution is 2.24. The molecule has 4 rings (SSSR count). The molecule has 0 bridgehead atoms. The predicted octanol–water partition coefficient (Wildman–Crippen LogP) is 1.60. The molecule has 0 fully saturated rings. The molecule has 26 heavy (non-hydrogen) atoms.